The third kappa shape index (κ3) is 6.28. The van der Waals surface area contributed by atoms with Gasteiger partial charge >= 0.3 is 6.18 Å². The van der Waals surface area contributed by atoms with Crippen molar-refractivity contribution >= 4 is 40.6 Å². The Morgan fingerprint density at radius 3 is 2.56 bits per heavy atom. The fourth-order valence-electron chi connectivity index (χ4n) is 3.78. The number of carbonyl (C=O) groups is 1. The predicted molar refractivity (Wildman–Crippen MR) is 147 cm³/mol. The molecular formula is C28H20F3N9O. The van der Waals surface area contributed by atoms with Crippen LogP contribution in [0.2, 0.25) is 0 Å². The van der Waals surface area contributed by atoms with E-state index in [1.165, 1.54) is 24.7 Å². The second kappa shape index (κ2) is 11.1. The molecule has 0 atom stereocenters. The maximum absolute atomic E-state index is 13.1. The second-order valence-corrected chi connectivity index (χ2v) is 8.71. The van der Waals surface area contributed by atoms with E-state index in [0.717, 1.165) is 17.7 Å². The van der Waals surface area contributed by atoms with Crippen LogP contribution in [0.5, 0.6) is 0 Å². The third-order valence-electron chi connectivity index (χ3n) is 5.87. The number of amides is 1. The zero-order valence-electron chi connectivity index (χ0n) is 21.3. The largest absolute Gasteiger partial charge is 0.416 e. The van der Waals surface area contributed by atoms with Gasteiger partial charge in [0, 0.05) is 41.6 Å². The molecule has 5 aromatic rings. The van der Waals surface area contributed by atoms with Crippen LogP contribution in [-0.2, 0) is 6.18 Å². The van der Waals surface area contributed by atoms with E-state index in [2.05, 4.69) is 40.7 Å². The number of imidazole rings is 1. The summed E-state index contributed by atoms with van der Waals surface area (Å²) in [4.78, 5) is 33.1. The SMILES string of the molecule is [C-]#[N+]c1ccc(Nc2cc(-n3ccnc3Nc3cc(NC(=O)c4cccc(C(F)(F)F)c4)ccc3C)ncn2)nc1. The summed E-state index contributed by atoms with van der Waals surface area (Å²) in [6.07, 6.45) is 1.56. The molecule has 0 bridgehead atoms. The number of aromatic nitrogens is 5. The van der Waals surface area contributed by atoms with E-state index >= 15 is 0 Å². The Morgan fingerprint density at radius 2 is 1.80 bits per heavy atom. The van der Waals surface area contributed by atoms with Gasteiger partial charge in [-0.2, -0.15) is 13.2 Å². The molecule has 0 radical (unpaired) electrons. The number of pyridine rings is 1. The molecule has 0 aliphatic heterocycles. The Morgan fingerprint density at radius 1 is 0.951 bits per heavy atom. The Labute approximate surface area is 231 Å². The van der Waals surface area contributed by atoms with Gasteiger partial charge in [-0.25, -0.2) is 19.8 Å². The summed E-state index contributed by atoms with van der Waals surface area (Å²) in [5, 5.41) is 8.92. The minimum absolute atomic E-state index is 0.115. The lowest BCUT2D eigenvalue weighted by Crippen LogP contribution is -2.14. The van der Waals surface area contributed by atoms with Crippen LogP contribution in [0.15, 0.2) is 85.6 Å². The molecule has 0 aliphatic carbocycles. The van der Waals surface area contributed by atoms with Crippen molar-refractivity contribution in [3.63, 3.8) is 0 Å². The number of nitrogens with zero attached hydrogens (tertiary/aromatic N) is 6. The highest BCUT2D eigenvalue weighted by molar-refractivity contribution is 6.04. The molecule has 3 heterocycles. The molecule has 0 saturated heterocycles. The maximum atomic E-state index is 13.1. The number of rotatable bonds is 7. The first-order valence-corrected chi connectivity index (χ1v) is 12.0. The second-order valence-electron chi connectivity index (χ2n) is 8.71. The average Bonchev–Trinajstić information content (AvgIpc) is 3.43. The molecule has 41 heavy (non-hydrogen) atoms. The van der Waals surface area contributed by atoms with E-state index in [0.29, 0.717) is 40.5 Å². The van der Waals surface area contributed by atoms with E-state index < -0.39 is 17.6 Å². The Bertz CT molecular complexity index is 1760. The molecule has 3 aromatic heterocycles. The van der Waals surface area contributed by atoms with Gasteiger partial charge in [-0.1, -0.05) is 18.2 Å². The molecule has 3 N–H and O–H groups in total. The molecule has 0 aliphatic rings. The molecule has 0 spiro atoms. The molecule has 0 fully saturated rings. The van der Waals surface area contributed by atoms with Crippen LogP contribution in [0.1, 0.15) is 21.5 Å². The van der Waals surface area contributed by atoms with Crippen molar-refractivity contribution in [3.05, 3.63) is 114 Å². The van der Waals surface area contributed by atoms with Crippen molar-refractivity contribution < 1.29 is 18.0 Å². The number of benzene rings is 2. The first-order valence-electron chi connectivity index (χ1n) is 12.0. The van der Waals surface area contributed by atoms with E-state index in [4.69, 9.17) is 6.57 Å². The standard InChI is InChI=1S/C28H20F3N9O/c1-17-6-7-20(37-26(41)18-4-3-5-19(12-18)28(29,30)31)13-22(17)38-27-33-10-11-40(27)25-14-24(35-16-36-25)39-23-9-8-21(32-2)15-34-23/h3-16H,1H3,(H,33,38)(H,37,41)(H,34,35,36,39). The molecule has 2 aromatic carbocycles. The number of halogens is 3. The van der Waals surface area contributed by atoms with Gasteiger partial charge in [0.2, 0.25) is 11.6 Å². The minimum atomic E-state index is -4.55. The van der Waals surface area contributed by atoms with E-state index in [-0.39, 0.29) is 5.56 Å². The van der Waals surface area contributed by atoms with Crippen LogP contribution in [0.4, 0.5) is 47.8 Å². The topological polar surface area (TPSA) is 114 Å². The number of hydrogen-bond donors (Lipinski definition) is 3. The van der Waals surface area contributed by atoms with Gasteiger partial charge in [0.1, 0.15) is 23.8 Å². The summed E-state index contributed by atoms with van der Waals surface area (Å²) in [6, 6.07) is 14.3. The van der Waals surface area contributed by atoms with Gasteiger partial charge in [0.15, 0.2) is 0 Å². The fraction of sp³-hybridized carbons (Fsp3) is 0.0714. The number of aryl methyl sites for hydroxylation is 1. The predicted octanol–water partition coefficient (Wildman–Crippen LogP) is 6.67. The van der Waals surface area contributed by atoms with Crippen LogP contribution in [0, 0.1) is 13.5 Å². The minimum Gasteiger partial charge on any atom is -0.325 e. The molecule has 1 amide bonds. The molecule has 204 valence electrons. The zero-order chi connectivity index (χ0) is 29.0. The van der Waals surface area contributed by atoms with Crippen LogP contribution in [0.25, 0.3) is 10.7 Å². The smallest absolute Gasteiger partial charge is 0.325 e. The summed E-state index contributed by atoms with van der Waals surface area (Å²) < 4.78 is 40.9. The molecule has 10 nitrogen and oxygen atoms in total. The van der Waals surface area contributed by atoms with Gasteiger partial charge in [-0.3, -0.25) is 14.3 Å². The van der Waals surface area contributed by atoms with Gasteiger partial charge < -0.3 is 16.0 Å². The van der Waals surface area contributed by atoms with E-state index in [9.17, 15) is 18.0 Å². The lowest BCUT2D eigenvalue weighted by atomic mass is 10.1. The number of alkyl halides is 3. The summed E-state index contributed by atoms with van der Waals surface area (Å²) in [5.41, 5.74) is 1.22. The number of anilines is 5. The molecule has 0 unspecified atom stereocenters. The van der Waals surface area contributed by atoms with Crippen molar-refractivity contribution in [2.24, 2.45) is 0 Å². The summed E-state index contributed by atoms with van der Waals surface area (Å²) in [6.45, 7) is 8.89. The van der Waals surface area contributed by atoms with Gasteiger partial charge in [-0.15, -0.1) is 0 Å². The monoisotopic (exact) mass is 555 g/mol. The van der Waals surface area contributed by atoms with Crippen LogP contribution < -0.4 is 16.0 Å². The first kappa shape index (κ1) is 26.8. The van der Waals surface area contributed by atoms with Crippen molar-refractivity contribution in [1.29, 1.82) is 0 Å². The Kier molecular flexibility index (Phi) is 7.29. The summed E-state index contributed by atoms with van der Waals surface area (Å²) >= 11 is 0. The fourth-order valence-corrected chi connectivity index (χ4v) is 3.78. The highest BCUT2D eigenvalue weighted by Crippen LogP contribution is 2.30. The van der Waals surface area contributed by atoms with Gasteiger partial charge in [-0.05, 0) is 48.9 Å². The van der Waals surface area contributed by atoms with Crippen molar-refractivity contribution in [3.8, 4) is 5.82 Å². The average molecular weight is 556 g/mol. The van der Waals surface area contributed by atoms with E-state index in [1.54, 1.807) is 53.4 Å². The molecule has 0 saturated carbocycles. The Balaban J connectivity index is 1.34. The van der Waals surface area contributed by atoms with Crippen LogP contribution in [-0.4, -0.2) is 30.4 Å². The number of hydrogen-bond acceptors (Lipinski definition) is 7. The lowest BCUT2D eigenvalue weighted by Gasteiger charge is -2.14. The zero-order valence-corrected chi connectivity index (χ0v) is 21.3. The van der Waals surface area contributed by atoms with Crippen LogP contribution in [0.3, 0.4) is 0 Å². The number of carbonyl (C=O) groups excluding carboxylic acids is 1. The maximum Gasteiger partial charge on any atom is 0.416 e. The summed E-state index contributed by atoms with van der Waals surface area (Å²) in [7, 11) is 0. The van der Waals surface area contributed by atoms with E-state index in [1.807, 2.05) is 6.92 Å². The van der Waals surface area contributed by atoms with Crippen LogP contribution >= 0.6 is 0 Å². The van der Waals surface area contributed by atoms with Gasteiger partial charge in [0.05, 0.1) is 12.1 Å². The summed E-state index contributed by atoms with van der Waals surface area (Å²) in [5.74, 6) is 1.20. The number of nitrogens with one attached hydrogen (secondary N) is 3. The van der Waals surface area contributed by atoms with Crippen molar-refractivity contribution in [2.75, 3.05) is 16.0 Å². The molecule has 5 rings (SSSR count). The quantitative estimate of drug-likeness (QED) is 0.192. The third-order valence-corrected chi connectivity index (χ3v) is 5.87. The van der Waals surface area contributed by atoms with Crippen molar-refractivity contribution in [2.45, 2.75) is 13.1 Å². The lowest BCUT2D eigenvalue weighted by molar-refractivity contribution is -0.137. The normalized spacial score (nSPS) is 11.0. The molecule has 13 heteroatoms. The van der Waals surface area contributed by atoms with Gasteiger partial charge in [0.25, 0.3) is 5.91 Å². The first-order chi connectivity index (χ1) is 19.7. The molecular weight excluding hydrogens is 535 g/mol. The highest BCUT2D eigenvalue weighted by Gasteiger charge is 2.30. The Hall–Kier alpha value is -5.77. The highest BCUT2D eigenvalue weighted by atomic mass is 19.4. The van der Waals surface area contributed by atoms with Crippen molar-refractivity contribution in [1.82, 2.24) is 24.5 Å².